The first-order chi connectivity index (χ1) is 40.8. The number of para-hydroxylation sites is 2. The largest absolute Gasteiger partial charge is 0.311 e. The molecule has 0 amide bonds. The third-order valence-electron chi connectivity index (χ3n) is 19.0. The van der Waals surface area contributed by atoms with Gasteiger partial charge in [0, 0.05) is 54.6 Å². The average molecular weight is 1080 g/mol. The van der Waals surface area contributed by atoms with E-state index in [0.29, 0.717) is 5.56 Å². The van der Waals surface area contributed by atoms with Crippen molar-refractivity contribution >= 4 is 95.0 Å². The average Bonchev–Trinajstić information content (AvgIpc) is 1.34. The standard InChI is InChI=1S/C76H74BN3S/c1-72(2,3)52-33-37-64(57(43-52)50-26-18-13-19-27-50)80-65-36-32-51(49-24-16-12-17-25-49)42-63(65)77-69-66(45-56(46-67(69)80)78(53-28-20-14-21-29-53)54-30-22-15-23-31-54)79(55-34-35-59-60(44-55)74(6,7)39-38-73(59,4)5)70-58-47-61-62(48-68(58)81-71(70)77)76(10,11)41-40-75(61,8)9/h12-37,42-48H,38-41H2,1-11H3/i12D,16D,17D,24D,25D. The Morgan fingerprint density at radius 3 is 1.65 bits per heavy atom. The van der Waals surface area contributed by atoms with E-state index in [1.54, 1.807) is 0 Å². The lowest BCUT2D eigenvalue weighted by molar-refractivity contribution is 0.332. The molecule has 0 atom stereocenters. The molecule has 0 saturated heterocycles. The summed E-state index contributed by atoms with van der Waals surface area (Å²) in [6.07, 6.45) is 4.38. The Morgan fingerprint density at radius 1 is 0.481 bits per heavy atom. The Kier molecular flexibility index (Phi) is 10.5. The molecule has 1 aromatic heterocycles. The second-order valence-electron chi connectivity index (χ2n) is 27.1. The van der Waals surface area contributed by atoms with E-state index >= 15 is 0 Å². The summed E-state index contributed by atoms with van der Waals surface area (Å²) in [4.78, 5) is 7.53. The summed E-state index contributed by atoms with van der Waals surface area (Å²) in [7, 11) is 0. The molecule has 14 rings (SSSR count). The highest BCUT2D eigenvalue weighted by Crippen LogP contribution is 2.56. The maximum Gasteiger partial charge on any atom is 0.264 e. The fourth-order valence-electron chi connectivity index (χ4n) is 14.1. The number of thiophene rings is 1. The van der Waals surface area contributed by atoms with Crippen molar-refractivity contribution in [3.8, 4) is 22.3 Å². The Morgan fingerprint density at radius 2 is 1.04 bits per heavy atom. The van der Waals surface area contributed by atoms with E-state index in [0.717, 1.165) is 93.2 Å². The van der Waals surface area contributed by atoms with Crippen molar-refractivity contribution in [3.05, 3.63) is 228 Å². The Bertz CT molecular complexity index is 4360. The minimum absolute atomic E-state index is 0.000201. The molecule has 0 saturated carbocycles. The normalized spacial score (nSPS) is 17.8. The van der Waals surface area contributed by atoms with Crippen LogP contribution < -0.4 is 30.4 Å². The molecule has 0 fully saturated rings. The second-order valence-corrected chi connectivity index (χ2v) is 28.2. The molecule has 0 bridgehead atoms. The van der Waals surface area contributed by atoms with Crippen LogP contribution in [0.1, 0.15) is 137 Å². The first kappa shape index (κ1) is 46.1. The zero-order valence-corrected chi connectivity index (χ0v) is 49.6. The molecular formula is C76H74BN3S. The molecule has 402 valence electrons. The van der Waals surface area contributed by atoms with Gasteiger partial charge in [0.1, 0.15) is 0 Å². The van der Waals surface area contributed by atoms with E-state index in [2.05, 4.69) is 255 Å². The summed E-state index contributed by atoms with van der Waals surface area (Å²) < 4.78 is 47.9. The molecule has 0 N–H and O–H groups in total. The highest BCUT2D eigenvalue weighted by atomic mass is 32.1. The quantitative estimate of drug-likeness (QED) is 0.147. The van der Waals surface area contributed by atoms with Crippen LogP contribution in [0, 0.1) is 0 Å². The summed E-state index contributed by atoms with van der Waals surface area (Å²) in [6.45, 7) is 25.8. The highest BCUT2D eigenvalue weighted by Gasteiger charge is 2.48. The van der Waals surface area contributed by atoms with Crippen LogP contribution in [0.4, 0.5) is 51.2 Å². The predicted octanol–water partition coefficient (Wildman–Crippen LogP) is 19.8. The van der Waals surface area contributed by atoms with Crippen LogP contribution in [0.2, 0.25) is 0 Å². The number of hydrogen-bond acceptors (Lipinski definition) is 4. The van der Waals surface area contributed by atoms with Gasteiger partial charge in [-0.3, -0.25) is 0 Å². The number of fused-ring (bicyclic) bond motifs is 8. The molecular weight excluding hydrogens is 998 g/mol. The Labute approximate surface area is 493 Å². The van der Waals surface area contributed by atoms with Crippen LogP contribution in [0.15, 0.2) is 200 Å². The molecule has 3 heterocycles. The number of nitrogens with zero attached hydrogens (tertiary/aromatic N) is 3. The molecule has 9 aromatic carbocycles. The van der Waals surface area contributed by atoms with Crippen molar-refractivity contribution in [1.29, 1.82) is 0 Å². The van der Waals surface area contributed by atoms with Gasteiger partial charge in [-0.2, -0.15) is 0 Å². The van der Waals surface area contributed by atoms with Crippen LogP contribution in [0.3, 0.4) is 0 Å². The first-order valence-corrected chi connectivity index (χ1v) is 30.0. The number of hydrogen-bond donors (Lipinski definition) is 0. The molecule has 2 aliphatic heterocycles. The van der Waals surface area contributed by atoms with E-state index in [9.17, 15) is 2.74 Å². The van der Waals surface area contributed by atoms with Gasteiger partial charge in [0.25, 0.3) is 6.71 Å². The third-order valence-corrected chi connectivity index (χ3v) is 20.2. The van der Waals surface area contributed by atoms with Crippen molar-refractivity contribution in [2.24, 2.45) is 0 Å². The van der Waals surface area contributed by atoms with Crippen LogP contribution in [0.25, 0.3) is 32.3 Å². The molecule has 4 aliphatic rings. The lowest BCUT2D eigenvalue weighted by Gasteiger charge is -2.46. The fraction of sp³-hybridized carbons (Fsp3) is 0.263. The lowest BCUT2D eigenvalue weighted by atomic mass is 9.36. The number of rotatable bonds is 7. The van der Waals surface area contributed by atoms with Crippen LogP contribution in [-0.4, -0.2) is 6.71 Å². The fourth-order valence-corrected chi connectivity index (χ4v) is 15.4. The SMILES string of the molecule is [2H]c1c([2H])c([2H])c(-c2ccc3c(c2)B2c4sc5cc6c(cc5c4N(c4ccc5c(c4)C(C)(C)CCC5(C)C)c4cc(N(c5ccccc5)c5ccccc5)cc(c42)N3c2ccc(C(C)(C)C)cc2-c2ccccc2)C(C)(C)CCC6(C)C)c([2H])c1[2H]. The molecule has 81 heavy (non-hydrogen) atoms. The zero-order valence-electron chi connectivity index (χ0n) is 53.8. The van der Waals surface area contributed by atoms with Gasteiger partial charge in [-0.25, -0.2) is 0 Å². The van der Waals surface area contributed by atoms with Crippen LogP contribution >= 0.6 is 11.3 Å². The first-order valence-electron chi connectivity index (χ1n) is 31.7. The molecule has 2 aliphatic carbocycles. The van der Waals surface area contributed by atoms with E-state index in [1.807, 2.05) is 17.4 Å². The monoisotopic (exact) mass is 1080 g/mol. The van der Waals surface area contributed by atoms with E-state index in [-0.39, 0.29) is 63.5 Å². The van der Waals surface area contributed by atoms with Gasteiger partial charge in [-0.1, -0.05) is 197 Å². The predicted molar refractivity (Wildman–Crippen MR) is 351 cm³/mol. The van der Waals surface area contributed by atoms with Gasteiger partial charge in [0.15, 0.2) is 0 Å². The maximum absolute atomic E-state index is 9.43. The smallest absolute Gasteiger partial charge is 0.264 e. The zero-order chi connectivity index (χ0) is 60.3. The van der Waals surface area contributed by atoms with Crippen molar-refractivity contribution in [1.82, 2.24) is 0 Å². The van der Waals surface area contributed by atoms with Gasteiger partial charge in [0.05, 0.1) is 23.9 Å². The van der Waals surface area contributed by atoms with Crippen molar-refractivity contribution in [3.63, 3.8) is 0 Å². The van der Waals surface area contributed by atoms with E-state index in [4.69, 9.17) is 4.11 Å². The topological polar surface area (TPSA) is 9.72 Å². The second kappa shape index (κ2) is 18.5. The Balaban J connectivity index is 1.18. The van der Waals surface area contributed by atoms with Gasteiger partial charge in [-0.15, -0.1) is 11.3 Å². The van der Waals surface area contributed by atoms with Crippen LogP contribution in [0.5, 0.6) is 0 Å². The molecule has 0 spiro atoms. The molecule has 0 unspecified atom stereocenters. The maximum atomic E-state index is 9.43. The number of anilines is 9. The van der Waals surface area contributed by atoms with Gasteiger partial charge >= 0.3 is 0 Å². The van der Waals surface area contributed by atoms with Gasteiger partial charge in [0.2, 0.25) is 0 Å². The molecule has 10 aromatic rings. The lowest BCUT2D eigenvalue weighted by Crippen LogP contribution is -2.60. The minimum Gasteiger partial charge on any atom is -0.311 e. The van der Waals surface area contributed by atoms with E-state index in [1.165, 1.54) is 48.4 Å². The minimum atomic E-state index is -0.403. The molecule has 3 nitrogen and oxygen atoms in total. The van der Waals surface area contributed by atoms with Crippen molar-refractivity contribution in [2.75, 3.05) is 14.7 Å². The van der Waals surface area contributed by atoms with Crippen LogP contribution in [-0.2, 0) is 27.1 Å². The highest BCUT2D eigenvalue weighted by molar-refractivity contribution is 7.33. The van der Waals surface area contributed by atoms with Gasteiger partial charge in [-0.05, 0) is 187 Å². The van der Waals surface area contributed by atoms with Crippen molar-refractivity contribution < 1.29 is 6.85 Å². The summed E-state index contributed by atoms with van der Waals surface area (Å²) in [6, 6.07) is 61.3. The van der Waals surface area contributed by atoms with Gasteiger partial charge < -0.3 is 14.7 Å². The summed E-state index contributed by atoms with van der Waals surface area (Å²) in [5.74, 6) is 0. The summed E-state index contributed by atoms with van der Waals surface area (Å²) >= 11 is 1.89. The third kappa shape index (κ3) is 8.34. The summed E-state index contributed by atoms with van der Waals surface area (Å²) in [5.41, 5.74) is 21.0. The Hall–Kier alpha value is -7.60. The van der Waals surface area contributed by atoms with E-state index < -0.39 is 6.04 Å². The molecule has 5 heteroatoms. The van der Waals surface area contributed by atoms with Crippen molar-refractivity contribution in [2.45, 2.75) is 129 Å². The number of benzene rings is 9. The molecule has 0 radical (unpaired) electrons. The summed E-state index contributed by atoms with van der Waals surface area (Å²) in [5, 5.41) is 1.22.